The van der Waals surface area contributed by atoms with Crippen molar-refractivity contribution < 1.29 is 9.90 Å². The summed E-state index contributed by atoms with van der Waals surface area (Å²) in [4.78, 5) is 14.3. The van der Waals surface area contributed by atoms with Crippen LogP contribution in [-0.4, -0.2) is 29.1 Å². The quantitative estimate of drug-likeness (QED) is 0.933. The van der Waals surface area contributed by atoms with Crippen molar-refractivity contribution >= 4 is 5.97 Å². The first-order chi connectivity index (χ1) is 11.7. The summed E-state index contributed by atoms with van der Waals surface area (Å²) in [6.45, 7) is 2.98. The van der Waals surface area contributed by atoms with Crippen molar-refractivity contribution in [2.75, 3.05) is 13.1 Å². The number of benzene rings is 2. The van der Waals surface area contributed by atoms with Crippen molar-refractivity contribution in [2.45, 2.75) is 31.2 Å². The molecule has 2 bridgehead atoms. The first-order valence-corrected chi connectivity index (χ1v) is 8.78. The van der Waals surface area contributed by atoms with Crippen molar-refractivity contribution in [3.8, 4) is 0 Å². The van der Waals surface area contributed by atoms with Crippen LogP contribution in [0.3, 0.4) is 0 Å². The highest BCUT2D eigenvalue weighted by Crippen LogP contribution is 2.43. The number of carboxylic acid groups (broad SMARTS) is 1. The van der Waals surface area contributed by atoms with Crippen LogP contribution in [0.4, 0.5) is 0 Å². The van der Waals surface area contributed by atoms with E-state index in [9.17, 15) is 9.90 Å². The molecule has 3 heteroatoms. The van der Waals surface area contributed by atoms with Gasteiger partial charge in [0.05, 0.1) is 5.92 Å². The van der Waals surface area contributed by atoms with Gasteiger partial charge in [-0.3, -0.25) is 9.69 Å². The van der Waals surface area contributed by atoms with Crippen LogP contribution in [0.1, 0.15) is 41.4 Å². The van der Waals surface area contributed by atoms with Crippen LogP contribution >= 0.6 is 0 Å². The Balaban J connectivity index is 1.63. The lowest BCUT2D eigenvalue weighted by Gasteiger charge is -2.37. The third kappa shape index (κ3) is 2.96. The molecule has 0 spiro atoms. The molecule has 1 saturated heterocycles. The number of carboxylic acids is 1. The molecule has 3 atom stereocenters. The maximum Gasteiger partial charge on any atom is 0.310 e. The van der Waals surface area contributed by atoms with Gasteiger partial charge >= 0.3 is 5.97 Å². The van der Waals surface area contributed by atoms with Crippen LogP contribution in [0.5, 0.6) is 0 Å². The van der Waals surface area contributed by atoms with E-state index in [1.54, 1.807) is 0 Å². The zero-order chi connectivity index (χ0) is 16.5. The van der Waals surface area contributed by atoms with Crippen LogP contribution in [0.15, 0.2) is 54.6 Å². The molecular weight excluding hydrogens is 298 g/mol. The normalized spacial score (nSPS) is 26.4. The second-order valence-corrected chi connectivity index (χ2v) is 7.23. The maximum atomic E-state index is 11.8. The predicted molar refractivity (Wildman–Crippen MR) is 94.0 cm³/mol. The number of likely N-dealkylation sites (tertiary alicyclic amines) is 1. The van der Waals surface area contributed by atoms with E-state index in [2.05, 4.69) is 35.2 Å². The monoisotopic (exact) mass is 321 g/mol. The largest absolute Gasteiger partial charge is 0.481 e. The van der Waals surface area contributed by atoms with Gasteiger partial charge in [-0.05, 0) is 41.4 Å². The highest BCUT2D eigenvalue weighted by Gasteiger charge is 2.37. The number of fused-ring (bicyclic) bond motifs is 4. The third-order valence-electron chi connectivity index (χ3n) is 5.54. The highest BCUT2D eigenvalue weighted by atomic mass is 16.4. The van der Waals surface area contributed by atoms with Gasteiger partial charge in [0.1, 0.15) is 0 Å². The molecule has 4 rings (SSSR count). The predicted octanol–water partition coefficient (Wildman–Crippen LogP) is 3.86. The van der Waals surface area contributed by atoms with Crippen LogP contribution < -0.4 is 0 Å². The van der Waals surface area contributed by atoms with E-state index >= 15 is 0 Å². The van der Waals surface area contributed by atoms with Gasteiger partial charge in [-0.1, -0.05) is 54.6 Å². The van der Waals surface area contributed by atoms with Crippen molar-refractivity contribution in [1.29, 1.82) is 0 Å². The maximum absolute atomic E-state index is 11.8. The van der Waals surface area contributed by atoms with E-state index in [4.69, 9.17) is 0 Å². The Morgan fingerprint density at radius 3 is 2.42 bits per heavy atom. The molecule has 1 aliphatic heterocycles. The molecule has 124 valence electrons. The highest BCUT2D eigenvalue weighted by molar-refractivity contribution is 5.77. The van der Waals surface area contributed by atoms with E-state index in [-0.39, 0.29) is 5.92 Å². The molecule has 1 aliphatic carbocycles. The van der Waals surface area contributed by atoms with Gasteiger partial charge in [0, 0.05) is 19.6 Å². The second-order valence-electron chi connectivity index (χ2n) is 7.23. The van der Waals surface area contributed by atoms with Crippen molar-refractivity contribution in [3.63, 3.8) is 0 Å². The van der Waals surface area contributed by atoms with E-state index in [0.717, 1.165) is 38.0 Å². The first kappa shape index (κ1) is 15.4. The topological polar surface area (TPSA) is 40.5 Å². The van der Waals surface area contributed by atoms with Crippen LogP contribution in [-0.2, 0) is 11.3 Å². The van der Waals surface area contributed by atoms with Crippen molar-refractivity contribution in [1.82, 2.24) is 4.90 Å². The zero-order valence-corrected chi connectivity index (χ0v) is 13.8. The lowest BCUT2D eigenvalue weighted by Crippen LogP contribution is -2.38. The third-order valence-corrected chi connectivity index (χ3v) is 5.54. The van der Waals surface area contributed by atoms with E-state index in [0.29, 0.717) is 11.8 Å². The standard InChI is InChI=1S/C21H23NO2/c23-21(24)20-11-16-10-17(18-8-4-5-9-19(18)20)14-22(13-16)12-15-6-2-1-3-7-15/h1-9,16-17,20H,10-14H2,(H,23,24)/t16-,17-,20-/m1/s1. The van der Waals surface area contributed by atoms with E-state index < -0.39 is 5.97 Å². The summed E-state index contributed by atoms with van der Waals surface area (Å²) in [5.41, 5.74) is 3.63. The second kappa shape index (κ2) is 6.40. The minimum absolute atomic E-state index is 0.354. The molecule has 1 N–H and O–H groups in total. The summed E-state index contributed by atoms with van der Waals surface area (Å²) >= 11 is 0. The van der Waals surface area contributed by atoms with Crippen molar-refractivity contribution in [2.24, 2.45) is 5.92 Å². The minimum atomic E-state index is -0.676. The first-order valence-electron chi connectivity index (χ1n) is 8.78. The molecule has 1 heterocycles. The number of piperidine rings is 1. The number of aliphatic carboxylic acids is 1. The molecule has 0 aromatic heterocycles. The van der Waals surface area contributed by atoms with Gasteiger partial charge in [-0.15, -0.1) is 0 Å². The molecule has 1 fully saturated rings. The minimum Gasteiger partial charge on any atom is -0.481 e. The number of hydrogen-bond donors (Lipinski definition) is 1. The van der Waals surface area contributed by atoms with Crippen LogP contribution in [0.25, 0.3) is 0 Å². The number of carbonyl (C=O) groups is 1. The summed E-state index contributed by atoms with van der Waals surface area (Å²) in [5, 5.41) is 9.72. The fourth-order valence-electron chi connectivity index (χ4n) is 4.56. The van der Waals surface area contributed by atoms with Gasteiger partial charge < -0.3 is 5.11 Å². The van der Waals surface area contributed by atoms with Gasteiger partial charge in [0.2, 0.25) is 0 Å². The molecule has 0 radical (unpaired) electrons. The number of nitrogens with zero attached hydrogens (tertiary/aromatic N) is 1. The Morgan fingerprint density at radius 2 is 1.67 bits per heavy atom. The van der Waals surface area contributed by atoms with Gasteiger partial charge in [-0.25, -0.2) is 0 Å². The van der Waals surface area contributed by atoms with Gasteiger partial charge in [0.25, 0.3) is 0 Å². The molecule has 2 aliphatic rings. The number of hydrogen-bond acceptors (Lipinski definition) is 2. The SMILES string of the molecule is O=C(O)[C@@H]1C[C@H]2C[C@H](CN(Cc3ccccc3)C2)c2ccccc21. The smallest absolute Gasteiger partial charge is 0.310 e. The molecule has 24 heavy (non-hydrogen) atoms. The summed E-state index contributed by atoms with van der Waals surface area (Å²) in [7, 11) is 0. The lowest BCUT2D eigenvalue weighted by atomic mass is 9.85. The Labute approximate surface area is 142 Å². The zero-order valence-electron chi connectivity index (χ0n) is 13.8. The molecule has 2 aromatic rings. The van der Waals surface area contributed by atoms with Crippen LogP contribution in [0.2, 0.25) is 0 Å². The fourth-order valence-corrected chi connectivity index (χ4v) is 4.56. The average molecular weight is 321 g/mol. The molecule has 0 unspecified atom stereocenters. The Kier molecular flexibility index (Phi) is 4.11. The van der Waals surface area contributed by atoms with E-state index in [1.807, 2.05) is 24.3 Å². The van der Waals surface area contributed by atoms with E-state index in [1.165, 1.54) is 11.1 Å². The number of rotatable bonds is 3. The molecule has 3 nitrogen and oxygen atoms in total. The summed E-state index contributed by atoms with van der Waals surface area (Å²) in [5.74, 6) is -0.119. The van der Waals surface area contributed by atoms with Crippen molar-refractivity contribution in [3.05, 3.63) is 71.3 Å². The summed E-state index contributed by atoms with van der Waals surface area (Å²) < 4.78 is 0. The Morgan fingerprint density at radius 1 is 0.958 bits per heavy atom. The molecule has 0 saturated carbocycles. The Hall–Kier alpha value is -2.13. The Bertz CT molecular complexity index is 728. The fraction of sp³-hybridized carbons (Fsp3) is 0.381. The lowest BCUT2D eigenvalue weighted by molar-refractivity contribution is -0.139. The molecule has 2 aromatic carbocycles. The molecule has 0 amide bonds. The van der Waals surface area contributed by atoms with Crippen LogP contribution in [0, 0.1) is 5.92 Å². The summed E-state index contributed by atoms with van der Waals surface area (Å²) in [6.07, 6.45) is 1.88. The summed E-state index contributed by atoms with van der Waals surface area (Å²) in [6, 6.07) is 18.8. The van der Waals surface area contributed by atoms with Gasteiger partial charge in [0.15, 0.2) is 0 Å². The molecular formula is C21H23NO2. The van der Waals surface area contributed by atoms with Gasteiger partial charge in [-0.2, -0.15) is 0 Å². The average Bonchev–Trinajstić information content (AvgIpc) is 2.71.